The van der Waals surface area contributed by atoms with Crippen molar-refractivity contribution in [2.24, 2.45) is 0 Å². The number of halogens is 2. The van der Waals surface area contributed by atoms with E-state index in [0.717, 1.165) is 23.3 Å². The predicted molar refractivity (Wildman–Crippen MR) is 98.7 cm³/mol. The van der Waals surface area contributed by atoms with Gasteiger partial charge in [0.15, 0.2) is 0 Å². The Morgan fingerprint density at radius 1 is 1.48 bits per heavy atom. The molecule has 5 nitrogen and oxygen atoms in total. The van der Waals surface area contributed by atoms with Gasteiger partial charge < -0.3 is 14.8 Å². The van der Waals surface area contributed by atoms with E-state index in [4.69, 9.17) is 9.47 Å². The van der Waals surface area contributed by atoms with Crippen molar-refractivity contribution in [1.29, 1.82) is 0 Å². The smallest absolute Gasteiger partial charge is 0.290 e. The highest BCUT2D eigenvalue weighted by atomic mass is 32.2. The molecule has 1 unspecified atom stereocenters. The summed E-state index contributed by atoms with van der Waals surface area (Å²) in [4.78, 5) is 16.4. The topological polar surface area (TPSA) is 60.5 Å². The molecule has 1 aliphatic heterocycles. The molecular weight excluding hydrogens is 374 g/mol. The van der Waals surface area contributed by atoms with Gasteiger partial charge >= 0.3 is 0 Å². The molecule has 1 aliphatic rings. The van der Waals surface area contributed by atoms with E-state index < -0.39 is 11.7 Å². The first kappa shape index (κ1) is 19.4. The molecule has 0 fully saturated rings. The quantitative estimate of drug-likeness (QED) is 0.718. The van der Waals surface area contributed by atoms with Gasteiger partial charge in [0, 0.05) is 30.3 Å². The van der Waals surface area contributed by atoms with Gasteiger partial charge in [-0.1, -0.05) is 0 Å². The van der Waals surface area contributed by atoms with Gasteiger partial charge in [0.2, 0.25) is 0 Å². The summed E-state index contributed by atoms with van der Waals surface area (Å²) in [6, 6.07) is 6.82. The lowest BCUT2D eigenvalue weighted by Crippen LogP contribution is -2.24. The minimum atomic E-state index is -2.65. The number of alkyl halides is 2. The summed E-state index contributed by atoms with van der Waals surface area (Å²) in [5.74, 6) is -1.65. The van der Waals surface area contributed by atoms with Crippen LogP contribution in [0.15, 0.2) is 35.5 Å². The van der Waals surface area contributed by atoms with Crippen molar-refractivity contribution in [2.75, 3.05) is 6.61 Å². The number of rotatable bonds is 7. The first-order chi connectivity index (χ1) is 13.0. The molecule has 1 N–H and O–H groups in total. The molecule has 144 valence electrons. The average molecular weight is 394 g/mol. The third kappa shape index (κ3) is 4.68. The third-order valence-electron chi connectivity index (χ3n) is 4.03. The second-order valence-corrected chi connectivity index (χ2v) is 7.03. The standard InChI is InChI=1S/C19H20F2N2O3S/c1-3-25-15-8-12-7-11(2)26-16(12)9-13(15)10-23-17(24)14-5-4-6-22-18(14)27-19(20)21/h4-6,8-9,11,19H,3,7,10H2,1-2H3,(H,23,24). The number of hydrogen-bond donors (Lipinski definition) is 1. The Balaban J connectivity index is 1.77. The first-order valence-electron chi connectivity index (χ1n) is 8.61. The SMILES string of the molecule is CCOc1cc2c(cc1CNC(=O)c1cccnc1SC(F)F)OC(C)C2. The van der Waals surface area contributed by atoms with Crippen molar-refractivity contribution in [1.82, 2.24) is 10.3 Å². The van der Waals surface area contributed by atoms with E-state index in [2.05, 4.69) is 10.3 Å². The maximum absolute atomic E-state index is 12.7. The van der Waals surface area contributed by atoms with Gasteiger partial charge in [-0.25, -0.2) is 4.98 Å². The lowest BCUT2D eigenvalue weighted by Gasteiger charge is -2.14. The van der Waals surface area contributed by atoms with E-state index in [9.17, 15) is 13.6 Å². The molecule has 0 radical (unpaired) electrons. The number of ether oxygens (including phenoxy) is 2. The lowest BCUT2D eigenvalue weighted by molar-refractivity contribution is 0.0947. The van der Waals surface area contributed by atoms with Crippen molar-refractivity contribution in [3.63, 3.8) is 0 Å². The number of carbonyl (C=O) groups is 1. The zero-order valence-electron chi connectivity index (χ0n) is 15.0. The molecule has 8 heteroatoms. The molecule has 0 spiro atoms. The van der Waals surface area contributed by atoms with Crippen LogP contribution >= 0.6 is 11.8 Å². The van der Waals surface area contributed by atoms with E-state index in [1.807, 2.05) is 26.0 Å². The van der Waals surface area contributed by atoms with Crippen LogP contribution < -0.4 is 14.8 Å². The largest absolute Gasteiger partial charge is 0.494 e. The molecule has 2 aromatic rings. The van der Waals surface area contributed by atoms with Crippen LogP contribution in [0.3, 0.4) is 0 Å². The molecule has 27 heavy (non-hydrogen) atoms. The van der Waals surface area contributed by atoms with E-state index in [-0.39, 0.29) is 35.0 Å². The van der Waals surface area contributed by atoms with Crippen LogP contribution in [-0.4, -0.2) is 29.4 Å². The van der Waals surface area contributed by atoms with Crippen LogP contribution in [-0.2, 0) is 13.0 Å². The van der Waals surface area contributed by atoms with Crippen molar-refractivity contribution in [3.05, 3.63) is 47.2 Å². The molecule has 1 atom stereocenters. The van der Waals surface area contributed by atoms with Gasteiger partial charge in [-0.05, 0) is 49.9 Å². The number of nitrogens with zero attached hydrogens (tertiary/aromatic N) is 1. The fourth-order valence-electron chi connectivity index (χ4n) is 2.92. The number of aromatic nitrogens is 1. The minimum Gasteiger partial charge on any atom is -0.494 e. The van der Waals surface area contributed by atoms with E-state index in [1.165, 1.54) is 12.3 Å². The highest BCUT2D eigenvalue weighted by Gasteiger charge is 2.22. The highest BCUT2D eigenvalue weighted by Crippen LogP contribution is 2.35. The summed E-state index contributed by atoms with van der Waals surface area (Å²) in [6.07, 6.45) is 2.29. The van der Waals surface area contributed by atoms with E-state index in [1.54, 1.807) is 6.07 Å². The summed E-state index contributed by atoms with van der Waals surface area (Å²) in [7, 11) is 0. The number of pyridine rings is 1. The van der Waals surface area contributed by atoms with Crippen LogP contribution in [0, 0.1) is 0 Å². The molecule has 2 heterocycles. The maximum atomic E-state index is 12.7. The van der Waals surface area contributed by atoms with Gasteiger partial charge in [0.05, 0.1) is 12.2 Å². The molecule has 0 saturated heterocycles. The summed E-state index contributed by atoms with van der Waals surface area (Å²) in [5, 5.41) is 2.76. The van der Waals surface area contributed by atoms with E-state index >= 15 is 0 Å². The molecule has 0 bridgehead atoms. The number of thioether (sulfide) groups is 1. The van der Waals surface area contributed by atoms with Gasteiger partial charge in [-0.3, -0.25) is 4.79 Å². The number of fused-ring (bicyclic) bond motifs is 1. The Morgan fingerprint density at radius 2 is 2.30 bits per heavy atom. The Bertz CT molecular complexity index is 833. The fourth-order valence-corrected chi connectivity index (χ4v) is 3.50. The van der Waals surface area contributed by atoms with Crippen LogP contribution in [0.5, 0.6) is 11.5 Å². The third-order valence-corrected chi connectivity index (χ3v) is 4.76. The molecular formula is C19H20F2N2O3S. The van der Waals surface area contributed by atoms with Gasteiger partial charge in [0.25, 0.3) is 11.7 Å². The van der Waals surface area contributed by atoms with Crippen molar-refractivity contribution in [3.8, 4) is 11.5 Å². The van der Waals surface area contributed by atoms with Crippen LogP contribution in [0.4, 0.5) is 8.78 Å². The van der Waals surface area contributed by atoms with Gasteiger partial charge in [-0.15, -0.1) is 0 Å². The predicted octanol–water partition coefficient (Wildman–Crippen LogP) is 4.05. The summed E-state index contributed by atoms with van der Waals surface area (Å²) < 4.78 is 36.8. The average Bonchev–Trinajstić information content (AvgIpc) is 2.98. The number of nitrogens with one attached hydrogen (secondary N) is 1. The van der Waals surface area contributed by atoms with Crippen LogP contribution in [0.1, 0.15) is 35.3 Å². The molecule has 0 saturated carbocycles. The van der Waals surface area contributed by atoms with Crippen molar-refractivity contribution < 1.29 is 23.0 Å². The lowest BCUT2D eigenvalue weighted by atomic mass is 10.1. The number of carbonyl (C=O) groups excluding carboxylic acids is 1. The van der Waals surface area contributed by atoms with Crippen LogP contribution in [0.25, 0.3) is 0 Å². The molecule has 0 aliphatic carbocycles. The first-order valence-corrected chi connectivity index (χ1v) is 9.49. The second-order valence-electron chi connectivity index (χ2n) is 6.05. The molecule has 1 amide bonds. The zero-order valence-corrected chi connectivity index (χ0v) is 15.8. The molecule has 3 rings (SSSR count). The fraction of sp³-hybridized carbons (Fsp3) is 0.368. The maximum Gasteiger partial charge on any atom is 0.290 e. The monoisotopic (exact) mass is 394 g/mol. The van der Waals surface area contributed by atoms with Crippen molar-refractivity contribution >= 4 is 17.7 Å². The molecule has 1 aromatic heterocycles. The zero-order chi connectivity index (χ0) is 19.4. The summed E-state index contributed by atoms with van der Waals surface area (Å²) in [6.45, 7) is 4.56. The Hall–Kier alpha value is -2.35. The Kier molecular flexibility index (Phi) is 6.15. The highest BCUT2D eigenvalue weighted by molar-refractivity contribution is 7.99. The summed E-state index contributed by atoms with van der Waals surface area (Å²) in [5.41, 5.74) is 1.96. The van der Waals surface area contributed by atoms with Crippen molar-refractivity contribution in [2.45, 2.75) is 43.7 Å². The number of hydrogen-bond acceptors (Lipinski definition) is 5. The van der Waals surface area contributed by atoms with Gasteiger partial charge in [0.1, 0.15) is 22.6 Å². The molecule has 1 aromatic carbocycles. The Morgan fingerprint density at radius 3 is 3.04 bits per heavy atom. The number of amides is 1. The van der Waals surface area contributed by atoms with E-state index in [0.29, 0.717) is 12.4 Å². The minimum absolute atomic E-state index is 0.00106. The summed E-state index contributed by atoms with van der Waals surface area (Å²) >= 11 is 0.253. The van der Waals surface area contributed by atoms with Gasteiger partial charge in [-0.2, -0.15) is 8.78 Å². The Labute approximate surface area is 160 Å². The number of benzene rings is 1. The normalized spacial score (nSPS) is 15.4. The van der Waals surface area contributed by atoms with Crippen LogP contribution in [0.2, 0.25) is 0 Å². The second kappa shape index (κ2) is 8.56.